The minimum Gasteiger partial charge on any atom is -0.497 e. The molecule has 29 heavy (non-hydrogen) atoms. The van der Waals surface area contributed by atoms with E-state index in [1.807, 2.05) is 24.3 Å². The van der Waals surface area contributed by atoms with Crippen LogP contribution in [0, 0.1) is 6.92 Å². The molecule has 0 unspecified atom stereocenters. The van der Waals surface area contributed by atoms with Crippen LogP contribution in [0.4, 0.5) is 5.69 Å². The van der Waals surface area contributed by atoms with Gasteiger partial charge in [-0.1, -0.05) is 36.4 Å². The van der Waals surface area contributed by atoms with Gasteiger partial charge in [-0.3, -0.25) is 9.52 Å². The van der Waals surface area contributed by atoms with Gasteiger partial charge in [-0.05, 0) is 54.4 Å². The van der Waals surface area contributed by atoms with Gasteiger partial charge in [-0.25, -0.2) is 8.42 Å². The standard InChI is InChI=1S/C22H22N2O4S/c1-16-20(22(25)23-15-17-11-13-18(28-2)14-12-17)9-6-10-21(16)24-29(26,27)19-7-4-3-5-8-19/h3-14,24H,15H2,1-2H3,(H,23,25). The van der Waals surface area contributed by atoms with E-state index in [1.54, 1.807) is 50.4 Å². The summed E-state index contributed by atoms with van der Waals surface area (Å²) in [5, 5.41) is 2.86. The number of carbonyl (C=O) groups is 1. The molecular weight excluding hydrogens is 388 g/mol. The summed E-state index contributed by atoms with van der Waals surface area (Å²) in [7, 11) is -2.14. The van der Waals surface area contributed by atoms with Gasteiger partial charge in [0.2, 0.25) is 0 Å². The van der Waals surface area contributed by atoms with Crippen LogP contribution >= 0.6 is 0 Å². The fraction of sp³-hybridized carbons (Fsp3) is 0.136. The molecule has 0 saturated carbocycles. The Morgan fingerprint density at radius 2 is 1.62 bits per heavy atom. The van der Waals surface area contributed by atoms with Gasteiger partial charge >= 0.3 is 0 Å². The van der Waals surface area contributed by atoms with Crippen molar-refractivity contribution in [1.29, 1.82) is 0 Å². The molecule has 3 aromatic carbocycles. The third-order valence-electron chi connectivity index (χ3n) is 4.49. The number of sulfonamides is 1. The molecule has 0 bridgehead atoms. The summed E-state index contributed by atoms with van der Waals surface area (Å²) in [5.41, 5.74) is 2.26. The van der Waals surface area contributed by atoms with Crippen LogP contribution in [0.15, 0.2) is 77.7 Å². The number of ether oxygens (including phenoxy) is 1. The molecule has 0 aliphatic heterocycles. The first-order chi connectivity index (χ1) is 13.9. The first-order valence-electron chi connectivity index (χ1n) is 8.99. The van der Waals surface area contributed by atoms with E-state index < -0.39 is 10.0 Å². The Bertz CT molecular complexity index is 1100. The maximum Gasteiger partial charge on any atom is 0.261 e. The van der Waals surface area contributed by atoms with Crippen LogP contribution in [0.2, 0.25) is 0 Å². The van der Waals surface area contributed by atoms with Crippen LogP contribution in [0.3, 0.4) is 0 Å². The third kappa shape index (κ3) is 4.94. The summed E-state index contributed by atoms with van der Waals surface area (Å²) >= 11 is 0. The van der Waals surface area contributed by atoms with Crippen LogP contribution < -0.4 is 14.8 Å². The molecule has 0 saturated heterocycles. The molecule has 7 heteroatoms. The van der Waals surface area contributed by atoms with Crippen molar-refractivity contribution in [2.24, 2.45) is 0 Å². The zero-order chi connectivity index (χ0) is 20.9. The second-order valence-electron chi connectivity index (χ2n) is 6.43. The van der Waals surface area contributed by atoms with Crippen molar-refractivity contribution in [2.75, 3.05) is 11.8 Å². The topological polar surface area (TPSA) is 84.5 Å². The number of hydrogen-bond acceptors (Lipinski definition) is 4. The molecule has 150 valence electrons. The van der Waals surface area contributed by atoms with Crippen LogP contribution in [-0.2, 0) is 16.6 Å². The maximum absolute atomic E-state index is 12.6. The Hall–Kier alpha value is -3.32. The van der Waals surface area contributed by atoms with Gasteiger partial charge in [0.15, 0.2) is 0 Å². The predicted octanol–water partition coefficient (Wildman–Crippen LogP) is 3.73. The molecule has 3 rings (SSSR count). The van der Waals surface area contributed by atoms with Crippen LogP contribution in [0.25, 0.3) is 0 Å². The molecule has 0 spiro atoms. The first-order valence-corrected chi connectivity index (χ1v) is 10.5. The lowest BCUT2D eigenvalue weighted by Crippen LogP contribution is -2.24. The molecule has 0 aromatic heterocycles. The minimum atomic E-state index is -3.73. The molecular formula is C22H22N2O4S. The lowest BCUT2D eigenvalue weighted by molar-refractivity contribution is 0.0950. The number of carbonyl (C=O) groups excluding carboxylic acids is 1. The average molecular weight is 410 g/mol. The van der Waals surface area contributed by atoms with E-state index in [9.17, 15) is 13.2 Å². The number of benzene rings is 3. The molecule has 0 aliphatic carbocycles. The highest BCUT2D eigenvalue weighted by Crippen LogP contribution is 2.22. The summed E-state index contributed by atoms with van der Waals surface area (Å²) in [6, 6.07) is 20.4. The third-order valence-corrected chi connectivity index (χ3v) is 5.87. The van der Waals surface area contributed by atoms with Crippen molar-refractivity contribution in [3.63, 3.8) is 0 Å². The first kappa shape index (κ1) is 20.4. The Balaban J connectivity index is 1.74. The molecule has 1 amide bonds. The lowest BCUT2D eigenvalue weighted by Gasteiger charge is -2.14. The number of methoxy groups -OCH3 is 1. The van der Waals surface area contributed by atoms with Crippen molar-refractivity contribution < 1.29 is 17.9 Å². The molecule has 0 radical (unpaired) electrons. The number of hydrogen-bond donors (Lipinski definition) is 2. The fourth-order valence-corrected chi connectivity index (χ4v) is 3.96. The quantitative estimate of drug-likeness (QED) is 0.622. The lowest BCUT2D eigenvalue weighted by atomic mass is 10.1. The van der Waals surface area contributed by atoms with Gasteiger partial charge in [-0.2, -0.15) is 0 Å². The highest BCUT2D eigenvalue weighted by Gasteiger charge is 2.17. The summed E-state index contributed by atoms with van der Waals surface area (Å²) in [6.07, 6.45) is 0. The highest BCUT2D eigenvalue weighted by molar-refractivity contribution is 7.92. The molecule has 0 fully saturated rings. The number of nitrogens with one attached hydrogen (secondary N) is 2. The normalized spacial score (nSPS) is 11.0. The smallest absolute Gasteiger partial charge is 0.261 e. The largest absolute Gasteiger partial charge is 0.497 e. The Morgan fingerprint density at radius 1 is 0.931 bits per heavy atom. The summed E-state index contributed by atoms with van der Waals surface area (Å²) in [5.74, 6) is 0.466. The molecule has 0 atom stereocenters. The summed E-state index contributed by atoms with van der Waals surface area (Å²) < 4.78 is 32.8. The van der Waals surface area contributed by atoms with E-state index >= 15 is 0 Å². The SMILES string of the molecule is COc1ccc(CNC(=O)c2cccc(NS(=O)(=O)c3ccccc3)c2C)cc1. The monoisotopic (exact) mass is 410 g/mol. The van der Waals surface area contributed by atoms with Gasteiger partial charge in [-0.15, -0.1) is 0 Å². The van der Waals surface area contributed by atoms with E-state index in [1.165, 1.54) is 12.1 Å². The number of amides is 1. The molecule has 3 aromatic rings. The van der Waals surface area contributed by atoms with Crippen LogP contribution in [0.5, 0.6) is 5.75 Å². The molecule has 0 aliphatic rings. The summed E-state index contributed by atoms with van der Waals surface area (Å²) in [4.78, 5) is 12.8. The van der Waals surface area contributed by atoms with Gasteiger partial charge in [0.25, 0.3) is 15.9 Å². The van der Waals surface area contributed by atoms with E-state index in [4.69, 9.17) is 4.74 Å². The number of anilines is 1. The van der Waals surface area contributed by atoms with Crippen molar-refractivity contribution in [3.05, 3.63) is 89.5 Å². The molecule has 0 heterocycles. The van der Waals surface area contributed by atoms with Gasteiger partial charge < -0.3 is 10.1 Å². The van der Waals surface area contributed by atoms with Crippen LogP contribution in [0.1, 0.15) is 21.5 Å². The zero-order valence-corrected chi connectivity index (χ0v) is 17.0. The van der Waals surface area contributed by atoms with E-state index in [-0.39, 0.29) is 10.8 Å². The van der Waals surface area contributed by atoms with E-state index in [2.05, 4.69) is 10.0 Å². The van der Waals surface area contributed by atoms with E-state index in [0.29, 0.717) is 23.4 Å². The van der Waals surface area contributed by atoms with Gasteiger partial charge in [0, 0.05) is 12.1 Å². The fourth-order valence-electron chi connectivity index (χ4n) is 2.82. The Labute approximate surface area is 170 Å². The van der Waals surface area contributed by atoms with Crippen molar-refractivity contribution in [1.82, 2.24) is 5.32 Å². The zero-order valence-electron chi connectivity index (χ0n) is 16.2. The second kappa shape index (κ2) is 8.79. The van der Waals surface area contributed by atoms with Crippen molar-refractivity contribution in [3.8, 4) is 5.75 Å². The van der Waals surface area contributed by atoms with Crippen LogP contribution in [-0.4, -0.2) is 21.4 Å². The number of rotatable bonds is 7. The molecule has 6 nitrogen and oxygen atoms in total. The van der Waals surface area contributed by atoms with Gasteiger partial charge in [0.05, 0.1) is 17.7 Å². The van der Waals surface area contributed by atoms with Crippen molar-refractivity contribution in [2.45, 2.75) is 18.4 Å². The van der Waals surface area contributed by atoms with Crippen molar-refractivity contribution >= 4 is 21.6 Å². The van der Waals surface area contributed by atoms with E-state index in [0.717, 1.165) is 11.3 Å². The Kier molecular flexibility index (Phi) is 6.19. The second-order valence-corrected chi connectivity index (χ2v) is 8.11. The predicted molar refractivity (Wildman–Crippen MR) is 113 cm³/mol. The highest BCUT2D eigenvalue weighted by atomic mass is 32.2. The molecule has 2 N–H and O–H groups in total. The van der Waals surface area contributed by atoms with Gasteiger partial charge in [0.1, 0.15) is 5.75 Å². The minimum absolute atomic E-state index is 0.161. The maximum atomic E-state index is 12.6. The average Bonchev–Trinajstić information content (AvgIpc) is 2.74. The Morgan fingerprint density at radius 3 is 2.28 bits per heavy atom. The summed E-state index contributed by atoms with van der Waals surface area (Å²) in [6.45, 7) is 2.06.